The predicted octanol–water partition coefficient (Wildman–Crippen LogP) is -0.00550. The molecule has 0 spiro atoms. The van der Waals surface area contributed by atoms with Crippen molar-refractivity contribution in [1.82, 2.24) is 8.61 Å². The molecule has 0 saturated heterocycles. The van der Waals surface area contributed by atoms with Gasteiger partial charge in [0.25, 0.3) is 10.2 Å². The Kier molecular flexibility index (Phi) is 7.37. The van der Waals surface area contributed by atoms with Gasteiger partial charge >= 0.3 is 5.97 Å². The van der Waals surface area contributed by atoms with E-state index in [1.54, 1.807) is 0 Å². The first-order valence-corrected chi connectivity index (χ1v) is 7.08. The van der Waals surface area contributed by atoms with Crippen LogP contribution in [-0.2, 0) is 19.7 Å². The number of nitrogens with zero attached hydrogens (tertiary/aromatic N) is 2. The fourth-order valence-corrected chi connectivity index (χ4v) is 2.24. The van der Waals surface area contributed by atoms with Crippen LogP contribution in [-0.4, -0.2) is 68.0 Å². The fraction of sp³-hybridized carbons (Fsp3) is 0.900. The lowest BCUT2D eigenvalue weighted by atomic mass is 10.4. The largest absolute Gasteiger partial charge is 0.481 e. The molecule has 108 valence electrons. The zero-order chi connectivity index (χ0) is 14.3. The van der Waals surface area contributed by atoms with Gasteiger partial charge in [-0.05, 0) is 13.8 Å². The summed E-state index contributed by atoms with van der Waals surface area (Å²) in [5, 5.41) is 8.51. The van der Waals surface area contributed by atoms with E-state index < -0.39 is 16.2 Å². The quantitative estimate of drug-likeness (QED) is 0.643. The van der Waals surface area contributed by atoms with Crippen molar-refractivity contribution in [3.05, 3.63) is 0 Å². The Hall–Kier alpha value is -0.700. The fourth-order valence-electron chi connectivity index (χ4n) is 1.14. The normalized spacial score (nSPS) is 12.6. The third kappa shape index (κ3) is 6.29. The molecule has 7 nitrogen and oxygen atoms in total. The molecule has 0 bridgehead atoms. The van der Waals surface area contributed by atoms with Crippen LogP contribution in [0.2, 0.25) is 0 Å². The second kappa shape index (κ2) is 7.67. The van der Waals surface area contributed by atoms with Crippen LogP contribution in [0.25, 0.3) is 0 Å². The first-order chi connectivity index (χ1) is 8.17. The van der Waals surface area contributed by atoms with Crippen LogP contribution in [0.15, 0.2) is 0 Å². The molecule has 0 atom stereocenters. The van der Waals surface area contributed by atoms with E-state index in [0.29, 0.717) is 6.61 Å². The number of carboxylic acids is 1. The predicted molar refractivity (Wildman–Crippen MR) is 67.5 cm³/mol. The molecule has 0 fully saturated rings. The van der Waals surface area contributed by atoms with Crippen LogP contribution in [0, 0.1) is 0 Å². The van der Waals surface area contributed by atoms with Crippen molar-refractivity contribution in [2.75, 3.05) is 33.8 Å². The molecule has 8 heteroatoms. The minimum Gasteiger partial charge on any atom is -0.481 e. The summed E-state index contributed by atoms with van der Waals surface area (Å²) < 4.78 is 31.3. The zero-order valence-electron chi connectivity index (χ0n) is 11.3. The molecule has 0 aromatic rings. The number of rotatable bonds is 9. The van der Waals surface area contributed by atoms with E-state index in [0.717, 1.165) is 8.61 Å². The van der Waals surface area contributed by atoms with E-state index in [4.69, 9.17) is 9.84 Å². The van der Waals surface area contributed by atoms with Crippen molar-refractivity contribution in [3.8, 4) is 0 Å². The zero-order valence-corrected chi connectivity index (χ0v) is 12.1. The van der Waals surface area contributed by atoms with Crippen LogP contribution in [0.4, 0.5) is 0 Å². The van der Waals surface area contributed by atoms with Gasteiger partial charge in [-0.25, -0.2) is 0 Å². The maximum absolute atomic E-state index is 11.9. The summed E-state index contributed by atoms with van der Waals surface area (Å²) in [5.74, 6) is -1.03. The van der Waals surface area contributed by atoms with Gasteiger partial charge in [0.05, 0.1) is 19.1 Å². The van der Waals surface area contributed by atoms with Gasteiger partial charge in [-0.15, -0.1) is 0 Å². The van der Waals surface area contributed by atoms with Gasteiger partial charge in [-0.1, -0.05) is 0 Å². The Balaban J connectivity index is 4.29. The number of aliphatic carboxylic acids is 1. The van der Waals surface area contributed by atoms with Gasteiger partial charge in [0, 0.05) is 27.2 Å². The van der Waals surface area contributed by atoms with Gasteiger partial charge in [-0.2, -0.15) is 17.0 Å². The van der Waals surface area contributed by atoms with Crippen LogP contribution in [0.1, 0.15) is 20.3 Å². The number of carboxylic acid groups (broad SMARTS) is 1. The Morgan fingerprint density at radius 1 is 1.22 bits per heavy atom. The number of ether oxygens (including phenoxy) is 1. The van der Waals surface area contributed by atoms with E-state index in [-0.39, 0.29) is 25.6 Å². The smallest absolute Gasteiger partial charge is 0.304 e. The first kappa shape index (κ1) is 17.3. The third-order valence-corrected chi connectivity index (χ3v) is 4.23. The highest BCUT2D eigenvalue weighted by Gasteiger charge is 2.23. The Labute approximate surface area is 109 Å². The van der Waals surface area contributed by atoms with Gasteiger partial charge in [-0.3, -0.25) is 4.79 Å². The van der Waals surface area contributed by atoms with Crippen LogP contribution in [0.3, 0.4) is 0 Å². The Morgan fingerprint density at radius 2 is 1.72 bits per heavy atom. The van der Waals surface area contributed by atoms with E-state index in [1.807, 2.05) is 13.8 Å². The van der Waals surface area contributed by atoms with Crippen molar-refractivity contribution in [1.29, 1.82) is 0 Å². The minimum absolute atomic E-state index is 0.0471. The Morgan fingerprint density at radius 3 is 2.17 bits per heavy atom. The molecule has 0 rings (SSSR count). The van der Waals surface area contributed by atoms with Crippen LogP contribution in [0.5, 0.6) is 0 Å². The van der Waals surface area contributed by atoms with Gasteiger partial charge < -0.3 is 9.84 Å². The van der Waals surface area contributed by atoms with Crippen LogP contribution >= 0.6 is 0 Å². The number of carbonyl (C=O) groups is 1. The molecule has 18 heavy (non-hydrogen) atoms. The SMILES string of the molecule is CC(C)OCCN(C)S(=O)(=O)N(C)CCC(=O)O. The summed E-state index contributed by atoms with van der Waals surface area (Å²) in [4.78, 5) is 10.4. The highest BCUT2D eigenvalue weighted by atomic mass is 32.2. The summed E-state index contributed by atoms with van der Waals surface area (Å²) in [7, 11) is -0.809. The third-order valence-electron chi connectivity index (χ3n) is 2.29. The maximum Gasteiger partial charge on any atom is 0.304 e. The Bertz CT molecular complexity index is 355. The molecular weight excluding hydrogens is 260 g/mol. The van der Waals surface area contributed by atoms with Crippen molar-refractivity contribution in [2.45, 2.75) is 26.4 Å². The second-order valence-electron chi connectivity index (χ2n) is 4.21. The monoisotopic (exact) mass is 282 g/mol. The van der Waals surface area contributed by atoms with E-state index in [9.17, 15) is 13.2 Å². The standard InChI is InChI=1S/C10H22N2O5S/c1-9(2)17-8-7-12(4)18(15,16)11(3)6-5-10(13)14/h9H,5-8H2,1-4H3,(H,13,14). The summed E-state index contributed by atoms with van der Waals surface area (Å²) in [6, 6.07) is 0. The highest BCUT2D eigenvalue weighted by Crippen LogP contribution is 2.04. The van der Waals surface area contributed by atoms with Crippen molar-refractivity contribution < 1.29 is 23.1 Å². The van der Waals surface area contributed by atoms with Gasteiger partial charge in [0.2, 0.25) is 0 Å². The molecule has 0 aliphatic heterocycles. The van der Waals surface area contributed by atoms with Gasteiger partial charge in [0.1, 0.15) is 0 Å². The lowest BCUT2D eigenvalue weighted by molar-refractivity contribution is -0.137. The molecule has 0 aliphatic rings. The molecule has 0 unspecified atom stereocenters. The summed E-state index contributed by atoms with van der Waals surface area (Å²) >= 11 is 0. The second-order valence-corrected chi connectivity index (χ2v) is 6.36. The molecule has 0 radical (unpaired) electrons. The summed E-state index contributed by atoms with van der Waals surface area (Å²) in [5.41, 5.74) is 0. The number of hydrogen-bond donors (Lipinski definition) is 1. The summed E-state index contributed by atoms with van der Waals surface area (Å²) in [6.45, 7) is 4.23. The molecular formula is C10H22N2O5S. The molecule has 0 heterocycles. The molecule has 0 amide bonds. The first-order valence-electron chi connectivity index (χ1n) is 5.69. The molecule has 1 N–H and O–H groups in total. The van der Waals surface area contributed by atoms with Crippen molar-refractivity contribution >= 4 is 16.2 Å². The van der Waals surface area contributed by atoms with Crippen molar-refractivity contribution in [2.24, 2.45) is 0 Å². The number of likely N-dealkylation sites (N-methyl/N-ethyl adjacent to an activating group) is 1. The average molecular weight is 282 g/mol. The molecule has 0 aromatic carbocycles. The van der Waals surface area contributed by atoms with Gasteiger partial charge in [0.15, 0.2) is 0 Å². The molecule has 0 aromatic heterocycles. The van der Waals surface area contributed by atoms with E-state index >= 15 is 0 Å². The molecule has 0 saturated carbocycles. The summed E-state index contributed by atoms with van der Waals surface area (Å²) in [6.07, 6.45) is -0.169. The van der Waals surface area contributed by atoms with E-state index in [2.05, 4.69) is 0 Å². The minimum atomic E-state index is -3.61. The number of hydrogen-bond acceptors (Lipinski definition) is 4. The van der Waals surface area contributed by atoms with E-state index in [1.165, 1.54) is 14.1 Å². The highest BCUT2D eigenvalue weighted by molar-refractivity contribution is 7.86. The topological polar surface area (TPSA) is 87.2 Å². The van der Waals surface area contributed by atoms with Crippen molar-refractivity contribution in [3.63, 3.8) is 0 Å². The maximum atomic E-state index is 11.9. The van der Waals surface area contributed by atoms with Crippen LogP contribution < -0.4 is 0 Å². The molecule has 0 aliphatic carbocycles. The average Bonchev–Trinajstić information content (AvgIpc) is 2.24. The lowest BCUT2D eigenvalue weighted by Crippen LogP contribution is -2.42. The lowest BCUT2D eigenvalue weighted by Gasteiger charge is -2.24.